The van der Waals surface area contributed by atoms with E-state index in [0.717, 1.165) is 11.0 Å². The number of carbonyl (C=O) groups is 1. The Labute approximate surface area is 94.9 Å². The maximum atomic E-state index is 10.6. The fraction of sp³-hybridized carbons (Fsp3) is 0.625. The van der Waals surface area contributed by atoms with Gasteiger partial charge in [0.1, 0.15) is 24.6 Å². The molecular formula is C8H11N3O6. The van der Waals surface area contributed by atoms with Gasteiger partial charge in [0.25, 0.3) is 5.82 Å². The lowest BCUT2D eigenvalue weighted by Gasteiger charge is -2.13. The van der Waals surface area contributed by atoms with Crippen LogP contribution in [0.4, 0.5) is 0 Å². The molecule has 9 heteroatoms. The molecule has 17 heavy (non-hydrogen) atoms. The molecule has 0 aliphatic carbocycles. The number of carboxylic acid groups (broad SMARTS) is 1. The summed E-state index contributed by atoms with van der Waals surface area (Å²) in [6, 6.07) is 0. The summed E-state index contributed by atoms with van der Waals surface area (Å²) >= 11 is 0. The number of aromatic carboxylic acids is 1. The number of nitrogens with zero attached hydrogens (tertiary/aromatic N) is 3. The third-order valence-corrected chi connectivity index (χ3v) is 2.48. The summed E-state index contributed by atoms with van der Waals surface area (Å²) in [6.07, 6.45) is -3.50. The van der Waals surface area contributed by atoms with Gasteiger partial charge in [-0.1, -0.05) is 0 Å². The average Bonchev–Trinajstić information content (AvgIpc) is 2.87. The lowest BCUT2D eigenvalue weighted by Crippen LogP contribution is -2.33. The first kappa shape index (κ1) is 11.9. The van der Waals surface area contributed by atoms with Crippen molar-refractivity contribution in [1.29, 1.82) is 0 Å². The minimum Gasteiger partial charge on any atom is -0.475 e. The minimum absolute atomic E-state index is 0.442. The van der Waals surface area contributed by atoms with E-state index in [1.54, 1.807) is 0 Å². The predicted molar refractivity (Wildman–Crippen MR) is 50.0 cm³/mol. The van der Waals surface area contributed by atoms with Gasteiger partial charge in [-0.25, -0.2) is 14.5 Å². The number of rotatable bonds is 3. The Morgan fingerprint density at radius 3 is 2.65 bits per heavy atom. The zero-order valence-electron chi connectivity index (χ0n) is 8.54. The van der Waals surface area contributed by atoms with Crippen molar-refractivity contribution >= 4 is 5.97 Å². The van der Waals surface area contributed by atoms with Crippen LogP contribution in [0.1, 0.15) is 16.8 Å². The Hall–Kier alpha value is -1.55. The van der Waals surface area contributed by atoms with Crippen LogP contribution in [0.2, 0.25) is 0 Å². The number of hydrogen-bond donors (Lipinski definition) is 4. The standard InChI is InChI=1S/C8H11N3O6/c12-1-3-4(13)5(14)7(17-3)11-2-9-6(10-11)8(15)16/h2-5,7,12-14H,1H2,(H,15,16)/t3-,4-,5-,7?/m1/s1. The van der Waals surface area contributed by atoms with E-state index in [-0.39, 0.29) is 0 Å². The molecule has 1 aliphatic heterocycles. The molecule has 4 N–H and O–H groups in total. The van der Waals surface area contributed by atoms with Crippen LogP contribution >= 0.6 is 0 Å². The second-order valence-corrected chi connectivity index (χ2v) is 3.58. The average molecular weight is 245 g/mol. The zero-order chi connectivity index (χ0) is 12.6. The van der Waals surface area contributed by atoms with Crippen molar-refractivity contribution in [3.8, 4) is 0 Å². The molecule has 4 atom stereocenters. The van der Waals surface area contributed by atoms with Gasteiger partial charge in [-0.2, -0.15) is 0 Å². The number of aliphatic hydroxyl groups excluding tert-OH is 3. The number of hydrogen-bond acceptors (Lipinski definition) is 7. The molecule has 0 radical (unpaired) electrons. The van der Waals surface area contributed by atoms with Crippen molar-refractivity contribution < 1.29 is 30.0 Å². The summed E-state index contributed by atoms with van der Waals surface area (Å²) in [7, 11) is 0. The summed E-state index contributed by atoms with van der Waals surface area (Å²) < 4.78 is 6.12. The number of aliphatic hydroxyl groups is 3. The molecule has 9 nitrogen and oxygen atoms in total. The fourth-order valence-electron chi connectivity index (χ4n) is 1.59. The maximum absolute atomic E-state index is 10.6. The molecule has 0 aromatic carbocycles. The first-order valence-corrected chi connectivity index (χ1v) is 4.81. The van der Waals surface area contributed by atoms with Crippen LogP contribution in [0.3, 0.4) is 0 Å². The summed E-state index contributed by atoms with van der Waals surface area (Å²) in [6.45, 7) is -0.463. The van der Waals surface area contributed by atoms with Crippen LogP contribution in [-0.2, 0) is 4.74 Å². The third-order valence-electron chi connectivity index (χ3n) is 2.48. The lowest BCUT2D eigenvalue weighted by atomic mass is 10.1. The quantitative estimate of drug-likeness (QED) is 0.462. The van der Waals surface area contributed by atoms with Gasteiger partial charge in [-0.3, -0.25) is 0 Å². The van der Waals surface area contributed by atoms with E-state index in [9.17, 15) is 15.0 Å². The van der Waals surface area contributed by atoms with Crippen molar-refractivity contribution in [2.24, 2.45) is 0 Å². The van der Waals surface area contributed by atoms with E-state index < -0.39 is 42.9 Å². The summed E-state index contributed by atoms with van der Waals surface area (Å²) in [5.41, 5.74) is 0. The van der Waals surface area contributed by atoms with Crippen molar-refractivity contribution in [2.75, 3.05) is 6.61 Å². The highest BCUT2D eigenvalue weighted by Crippen LogP contribution is 2.28. The van der Waals surface area contributed by atoms with E-state index in [1.807, 2.05) is 0 Å². The Balaban J connectivity index is 2.19. The Morgan fingerprint density at radius 1 is 1.47 bits per heavy atom. The summed E-state index contributed by atoms with van der Waals surface area (Å²) in [5.74, 6) is -1.75. The molecule has 1 aliphatic rings. The Bertz CT molecular complexity index is 421. The molecular weight excluding hydrogens is 234 g/mol. The monoisotopic (exact) mass is 245 g/mol. The number of aromatic nitrogens is 3. The smallest absolute Gasteiger partial charge is 0.375 e. The first-order chi connectivity index (χ1) is 8.04. The van der Waals surface area contributed by atoms with Crippen LogP contribution < -0.4 is 0 Å². The second kappa shape index (κ2) is 4.37. The zero-order valence-corrected chi connectivity index (χ0v) is 8.54. The molecule has 94 valence electrons. The molecule has 0 bridgehead atoms. The SMILES string of the molecule is O=C(O)c1ncn(C2O[C@H](CO)[C@@H](O)[C@H]2O)n1. The Morgan fingerprint density at radius 2 is 2.18 bits per heavy atom. The lowest BCUT2D eigenvalue weighted by molar-refractivity contribution is -0.0589. The first-order valence-electron chi connectivity index (χ1n) is 4.81. The molecule has 0 saturated carbocycles. The van der Waals surface area contributed by atoms with E-state index >= 15 is 0 Å². The maximum Gasteiger partial charge on any atom is 0.375 e. The normalized spacial score (nSPS) is 32.9. The van der Waals surface area contributed by atoms with E-state index in [1.165, 1.54) is 0 Å². The Kier molecular flexibility index (Phi) is 3.07. The van der Waals surface area contributed by atoms with Gasteiger partial charge < -0.3 is 25.2 Å². The van der Waals surface area contributed by atoms with Crippen molar-refractivity contribution in [3.05, 3.63) is 12.2 Å². The van der Waals surface area contributed by atoms with Gasteiger partial charge in [-0.05, 0) is 0 Å². The molecule has 1 saturated heterocycles. The molecule has 0 spiro atoms. The van der Waals surface area contributed by atoms with Crippen molar-refractivity contribution in [3.63, 3.8) is 0 Å². The largest absolute Gasteiger partial charge is 0.475 e. The fourth-order valence-corrected chi connectivity index (χ4v) is 1.59. The summed E-state index contributed by atoms with van der Waals surface area (Å²) in [5, 5.41) is 40.2. The molecule has 0 amide bonds. The van der Waals surface area contributed by atoms with Gasteiger partial charge in [0.2, 0.25) is 0 Å². The number of carboxylic acids is 1. The van der Waals surface area contributed by atoms with Crippen molar-refractivity contribution in [1.82, 2.24) is 14.8 Å². The van der Waals surface area contributed by atoms with E-state index in [0.29, 0.717) is 0 Å². The van der Waals surface area contributed by atoms with E-state index in [4.69, 9.17) is 14.9 Å². The van der Waals surface area contributed by atoms with Gasteiger partial charge >= 0.3 is 5.97 Å². The van der Waals surface area contributed by atoms with Crippen LogP contribution in [0.25, 0.3) is 0 Å². The molecule has 2 heterocycles. The number of ether oxygens (including phenoxy) is 1. The van der Waals surface area contributed by atoms with Crippen LogP contribution in [0.5, 0.6) is 0 Å². The molecule has 1 aromatic rings. The molecule has 1 fully saturated rings. The molecule has 1 unspecified atom stereocenters. The van der Waals surface area contributed by atoms with E-state index in [2.05, 4.69) is 10.1 Å². The topological polar surface area (TPSA) is 138 Å². The summed E-state index contributed by atoms with van der Waals surface area (Å²) in [4.78, 5) is 14.1. The highest BCUT2D eigenvalue weighted by molar-refractivity contribution is 5.82. The molecule has 1 aromatic heterocycles. The van der Waals surface area contributed by atoms with Crippen LogP contribution in [0, 0.1) is 0 Å². The molecule has 2 rings (SSSR count). The highest BCUT2D eigenvalue weighted by atomic mass is 16.6. The van der Waals surface area contributed by atoms with Gasteiger partial charge in [-0.15, -0.1) is 5.10 Å². The third kappa shape index (κ3) is 2.00. The van der Waals surface area contributed by atoms with Crippen molar-refractivity contribution in [2.45, 2.75) is 24.5 Å². The van der Waals surface area contributed by atoms with Gasteiger partial charge in [0, 0.05) is 0 Å². The van der Waals surface area contributed by atoms with Gasteiger partial charge in [0.05, 0.1) is 6.61 Å². The van der Waals surface area contributed by atoms with Crippen LogP contribution in [0.15, 0.2) is 6.33 Å². The second-order valence-electron chi connectivity index (χ2n) is 3.58. The highest BCUT2D eigenvalue weighted by Gasteiger charge is 2.44. The minimum atomic E-state index is -1.31. The van der Waals surface area contributed by atoms with Gasteiger partial charge in [0.15, 0.2) is 6.23 Å². The predicted octanol–water partition coefficient (Wildman–Crippen LogP) is -2.41. The van der Waals surface area contributed by atoms with Crippen LogP contribution in [-0.4, -0.2) is 66.1 Å².